The molecule has 0 saturated carbocycles. The number of alkyl halides is 2. The van der Waals surface area contributed by atoms with E-state index >= 15 is 0 Å². The smallest absolute Gasteiger partial charge is 0.410 e. The molecule has 1 N–H and O–H groups in total. The lowest BCUT2D eigenvalue weighted by Crippen LogP contribution is -2.47. The Bertz CT molecular complexity index is 369. The average Bonchev–Trinajstić information content (AvgIpc) is 2.67. The molecular weight excluding hydrogens is 266 g/mol. The number of halogens is 2. The summed E-state index contributed by atoms with van der Waals surface area (Å²) >= 11 is 0. The highest BCUT2D eigenvalue weighted by Gasteiger charge is 2.49. The molecule has 0 aromatic carbocycles. The zero-order valence-electron chi connectivity index (χ0n) is 12.4. The molecule has 2 unspecified atom stereocenters. The number of hydrogen-bond acceptors (Lipinski definition) is 3. The number of rotatable bonds is 1. The molecule has 2 aliphatic rings. The van der Waals surface area contributed by atoms with E-state index in [1.807, 2.05) is 0 Å². The first-order valence-electron chi connectivity index (χ1n) is 7.25. The maximum Gasteiger partial charge on any atom is 0.410 e. The van der Waals surface area contributed by atoms with Crippen LogP contribution in [0, 0.1) is 11.8 Å². The fraction of sp³-hybridized carbons (Fsp3) is 0.929. The maximum atomic E-state index is 13.8. The van der Waals surface area contributed by atoms with Crippen LogP contribution in [0.1, 0.15) is 33.6 Å². The highest BCUT2D eigenvalue weighted by Crippen LogP contribution is 2.37. The minimum Gasteiger partial charge on any atom is -0.444 e. The van der Waals surface area contributed by atoms with Crippen LogP contribution in [0.5, 0.6) is 0 Å². The van der Waals surface area contributed by atoms with Gasteiger partial charge in [-0.3, -0.25) is 0 Å². The van der Waals surface area contributed by atoms with Crippen molar-refractivity contribution in [3.63, 3.8) is 0 Å². The molecule has 0 aromatic rings. The Morgan fingerprint density at radius 2 is 2.10 bits per heavy atom. The third kappa shape index (κ3) is 3.59. The Hall–Kier alpha value is -0.910. The van der Waals surface area contributed by atoms with Gasteiger partial charge >= 0.3 is 6.09 Å². The van der Waals surface area contributed by atoms with Crippen molar-refractivity contribution in [3.05, 3.63) is 0 Å². The average molecular weight is 290 g/mol. The Morgan fingerprint density at radius 3 is 2.65 bits per heavy atom. The van der Waals surface area contributed by atoms with Crippen LogP contribution in [0.2, 0.25) is 0 Å². The van der Waals surface area contributed by atoms with Gasteiger partial charge < -0.3 is 15.0 Å². The molecule has 0 aromatic heterocycles. The second-order valence-corrected chi connectivity index (χ2v) is 6.83. The van der Waals surface area contributed by atoms with Gasteiger partial charge in [-0.1, -0.05) is 0 Å². The van der Waals surface area contributed by atoms with Crippen LogP contribution < -0.4 is 5.32 Å². The lowest BCUT2D eigenvalue weighted by atomic mass is 9.83. The van der Waals surface area contributed by atoms with Crippen LogP contribution >= 0.6 is 0 Å². The molecule has 116 valence electrons. The Morgan fingerprint density at radius 1 is 1.40 bits per heavy atom. The quantitative estimate of drug-likeness (QED) is 0.806. The van der Waals surface area contributed by atoms with Crippen molar-refractivity contribution >= 4 is 6.09 Å². The minimum atomic E-state index is -2.67. The first kappa shape index (κ1) is 15.5. The molecule has 1 amide bonds. The standard InChI is InChI=1S/C14H24F2N2O2/c1-13(2,3)20-12(19)18-6-4-5-10(8-18)11-7-17-9-14(11,15)16/h10-11,17H,4-9H2,1-3H3. The SMILES string of the molecule is CC(C)(C)OC(=O)N1CCCC(C2CNCC2(F)F)C1. The summed E-state index contributed by atoms with van der Waals surface area (Å²) in [6.45, 7) is 6.47. The molecule has 2 fully saturated rings. The van der Waals surface area contributed by atoms with E-state index in [2.05, 4.69) is 5.32 Å². The van der Waals surface area contributed by atoms with Gasteiger partial charge in [0.15, 0.2) is 0 Å². The molecule has 2 rings (SSSR count). The summed E-state index contributed by atoms with van der Waals surface area (Å²) in [5.41, 5.74) is -0.553. The van der Waals surface area contributed by atoms with Gasteiger partial charge in [-0.15, -0.1) is 0 Å². The summed E-state index contributed by atoms with van der Waals surface area (Å²) in [6.07, 6.45) is 1.12. The first-order valence-corrected chi connectivity index (χ1v) is 7.25. The van der Waals surface area contributed by atoms with Crippen molar-refractivity contribution in [2.75, 3.05) is 26.2 Å². The third-order valence-electron chi connectivity index (χ3n) is 3.95. The lowest BCUT2D eigenvalue weighted by molar-refractivity contribution is -0.0575. The van der Waals surface area contributed by atoms with Crippen LogP contribution in [0.4, 0.5) is 13.6 Å². The maximum absolute atomic E-state index is 13.8. The Kier molecular flexibility index (Phi) is 4.23. The number of amides is 1. The number of ether oxygens (including phenoxy) is 1. The molecule has 0 aliphatic carbocycles. The van der Waals surface area contributed by atoms with Gasteiger partial charge in [0.2, 0.25) is 0 Å². The summed E-state index contributed by atoms with van der Waals surface area (Å²) in [5.74, 6) is -3.49. The number of carbonyl (C=O) groups is 1. The van der Waals surface area contributed by atoms with E-state index in [-0.39, 0.29) is 12.5 Å². The molecule has 20 heavy (non-hydrogen) atoms. The summed E-state index contributed by atoms with van der Waals surface area (Å²) in [6, 6.07) is 0. The predicted octanol–water partition coefficient (Wildman–Crippen LogP) is 2.49. The van der Waals surface area contributed by atoms with Crippen molar-refractivity contribution in [2.24, 2.45) is 11.8 Å². The van der Waals surface area contributed by atoms with Gasteiger partial charge in [0.05, 0.1) is 6.54 Å². The van der Waals surface area contributed by atoms with E-state index < -0.39 is 23.5 Å². The zero-order chi connectivity index (χ0) is 15.0. The van der Waals surface area contributed by atoms with E-state index in [0.29, 0.717) is 19.6 Å². The molecular formula is C14H24F2N2O2. The van der Waals surface area contributed by atoms with E-state index in [1.165, 1.54) is 0 Å². The van der Waals surface area contributed by atoms with Crippen molar-refractivity contribution in [3.8, 4) is 0 Å². The Labute approximate surface area is 118 Å². The van der Waals surface area contributed by atoms with Gasteiger partial charge in [-0.05, 0) is 39.5 Å². The van der Waals surface area contributed by atoms with E-state index in [9.17, 15) is 13.6 Å². The predicted molar refractivity (Wildman–Crippen MR) is 71.8 cm³/mol. The number of nitrogens with one attached hydrogen (secondary N) is 1. The third-order valence-corrected chi connectivity index (χ3v) is 3.95. The summed E-state index contributed by atoms with van der Waals surface area (Å²) in [7, 11) is 0. The monoisotopic (exact) mass is 290 g/mol. The van der Waals surface area contributed by atoms with Crippen molar-refractivity contribution in [2.45, 2.75) is 45.1 Å². The van der Waals surface area contributed by atoms with Crippen molar-refractivity contribution in [1.29, 1.82) is 0 Å². The fourth-order valence-electron chi connectivity index (χ4n) is 3.02. The molecule has 0 spiro atoms. The highest BCUT2D eigenvalue weighted by atomic mass is 19.3. The zero-order valence-corrected chi connectivity index (χ0v) is 12.4. The summed E-state index contributed by atoms with van der Waals surface area (Å²) in [4.78, 5) is 13.6. The molecule has 0 bridgehead atoms. The van der Waals surface area contributed by atoms with E-state index in [1.54, 1.807) is 25.7 Å². The second kappa shape index (κ2) is 5.47. The van der Waals surface area contributed by atoms with E-state index in [0.717, 1.165) is 12.8 Å². The van der Waals surface area contributed by atoms with Gasteiger partial charge in [-0.25, -0.2) is 13.6 Å². The highest BCUT2D eigenvalue weighted by molar-refractivity contribution is 5.68. The topological polar surface area (TPSA) is 41.6 Å². The van der Waals surface area contributed by atoms with Gasteiger partial charge in [-0.2, -0.15) is 0 Å². The molecule has 0 radical (unpaired) electrons. The summed E-state index contributed by atoms with van der Waals surface area (Å²) < 4.78 is 32.9. The van der Waals surface area contributed by atoms with Gasteiger partial charge in [0, 0.05) is 25.6 Å². The molecule has 6 heteroatoms. The molecule has 2 aliphatic heterocycles. The van der Waals surface area contributed by atoms with Crippen LogP contribution in [-0.4, -0.2) is 48.7 Å². The largest absolute Gasteiger partial charge is 0.444 e. The second-order valence-electron chi connectivity index (χ2n) is 6.83. The van der Waals surface area contributed by atoms with Gasteiger partial charge in [0.1, 0.15) is 5.60 Å². The number of hydrogen-bond donors (Lipinski definition) is 1. The molecule has 2 saturated heterocycles. The Balaban J connectivity index is 1.97. The normalized spacial score (nSPS) is 30.4. The van der Waals surface area contributed by atoms with Crippen molar-refractivity contribution < 1.29 is 18.3 Å². The van der Waals surface area contributed by atoms with E-state index in [4.69, 9.17) is 4.74 Å². The minimum absolute atomic E-state index is 0.152. The number of piperidine rings is 1. The number of carbonyl (C=O) groups excluding carboxylic acids is 1. The van der Waals surface area contributed by atoms with Crippen LogP contribution in [0.3, 0.4) is 0 Å². The van der Waals surface area contributed by atoms with Crippen LogP contribution in [0.15, 0.2) is 0 Å². The van der Waals surface area contributed by atoms with Crippen molar-refractivity contribution in [1.82, 2.24) is 10.2 Å². The number of nitrogens with zero attached hydrogens (tertiary/aromatic N) is 1. The molecule has 4 nitrogen and oxygen atoms in total. The first-order chi connectivity index (χ1) is 9.19. The molecule has 2 atom stereocenters. The molecule has 2 heterocycles. The number of likely N-dealkylation sites (tertiary alicyclic amines) is 1. The van der Waals surface area contributed by atoms with Crippen LogP contribution in [0.25, 0.3) is 0 Å². The fourth-order valence-corrected chi connectivity index (χ4v) is 3.02. The van der Waals surface area contributed by atoms with Crippen LogP contribution in [-0.2, 0) is 4.74 Å². The van der Waals surface area contributed by atoms with Gasteiger partial charge in [0.25, 0.3) is 5.92 Å². The summed E-state index contributed by atoms with van der Waals surface area (Å²) in [5, 5.41) is 2.76. The lowest BCUT2D eigenvalue weighted by Gasteiger charge is -2.37.